The van der Waals surface area contributed by atoms with Gasteiger partial charge >= 0.3 is 0 Å². The van der Waals surface area contributed by atoms with Crippen molar-refractivity contribution in [3.05, 3.63) is 81.0 Å². The minimum absolute atomic E-state index is 0.0897. The number of hydrogen-bond acceptors (Lipinski definition) is 6. The minimum atomic E-state index is -3.94. The fraction of sp³-hybridized carbons (Fsp3) is 0.227. The quantitative estimate of drug-likeness (QED) is 0.399. The van der Waals surface area contributed by atoms with Gasteiger partial charge in [-0.2, -0.15) is 4.31 Å². The summed E-state index contributed by atoms with van der Waals surface area (Å²) in [5, 5.41) is 11.1. The lowest BCUT2D eigenvalue weighted by atomic mass is 10.2. The van der Waals surface area contributed by atoms with Crippen LogP contribution in [-0.2, 0) is 10.0 Å². The van der Waals surface area contributed by atoms with Crippen molar-refractivity contribution >= 4 is 33.0 Å². The van der Waals surface area contributed by atoms with Crippen molar-refractivity contribution in [2.75, 3.05) is 26.2 Å². The molecule has 0 spiro atoms. The second-order valence-electron chi connectivity index (χ2n) is 7.57. The van der Waals surface area contributed by atoms with Crippen LogP contribution in [0, 0.1) is 22.9 Å². The third-order valence-corrected chi connectivity index (χ3v) is 8.63. The Morgan fingerprint density at radius 3 is 2.33 bits per heavy atom. The summed E-state index contributed by atoms with van der Waals surface area (Å²) in [6, 6.07) is 13.3. The van der Waals surface area contributed by atoms with Crippen LogP contribution in [-0.4, -0.2) is 54.6 Å². The van der Waals surface area contributed by atoms with Crippen molar-refractivity contribution in [2.24, 2.45) is 0 Å². The molecule has 0 unspecified atom stereocenters. The molecule has 11 heteroatoms. The predicted molar refractivity (Wildman–Crippen MR) is 122 cm³/mol. The molecule has 2 aromatic carbocycles. The van der Waals surface area contributed by atoms with E-state index in [0.717, 1.165) is 16.5 Å². The number of amides is 1. The maximum atomic E-state index is 13.1. The van der Waals surface area contributed by atoms with Gasteiger partial charge in [-0.3, -0.25) is 14.9 Å². The van der Waals surface area contributed by atoms with Crippen molar-refractivity contribution in [2.45, 2.75) is 11.8 Å². The number of aryl methyl sites for hydroxylation is 1. The van der Waals surface area contributed by atoms with Crippen LogP contribution in [0.4, 0.5) is 10.1 Å². The summed E-state index contributed by atoms with van der Waals surface area (Å²) in [5.74, 6) is -0.531. The molecule has 0 aliphatic carbocycles. The Labute approximate surface area is 194 Å². The molecule has 1 aliphatic rings. The zero-order valence-corrected chi connectivity index (χ0v) is 19.2. The van der Waals surface area contributed by atoms with Crippen LogP contribution in [0.25, 0.3) is 10.4 Å². The number of nitrogens with zero attached hydrogens (tertiary/aromatic N) is 3. The molecule has 0 atom stereocenters. The van der Waals surface area contributed by atoms with Crippen molar-refractivity contribution in [1.29, 1.82) is 0 Å². The molecule has 0 bridgehead atoms. The number of hydrogen-bond donors (Lipinski definition) is 0. The van der Waals surface area contributed by atoms with Gasteiger partial charge in [0.05, 0.1) is 14.7 Å². The van der Waals surface area contributed by atoms with E-state index >= 15 is 0 Å². The number of nitro benzene ring substituents is 1. The van der Waals surface area contributed by atoms with Crippen LogP contribution >= 0.6 is 11.3 Å². The molecule has 1 aliphatic heterocycles. The number of carbonyl (C=O) groups excluding carboxylic acids is 1. The van der Waals surface area contributed by atoms with E-state index in [-0.39, 0.29) is 48.5 Å². The average molecular weight is 490 g/mol. The number of benzene rings is 2. The van der Waals surface area contributed by atoms with Crippen molar-refractivity contribution in [3.8, 4) is 10.4 Å². The van der Waals surface area contributed by atoms with Crippen LogP contribution < -0.4 is 0 Å². The smallest absolute Gasteiger partial charge is 0.270 e. The van der Waals surface area contributed by atoms with Gasteiger partial charge in [0.25, 0.3) is 11.6 Å². The van der Waals surface area contributed by atoms with E-state index in [4.69, 9.17) is 0 Å². The number of carbonyl (C=O) groups is 1. The first-order chi connectivity index (χ1) is 15.7. The van der Waals surface area contributed by atoms with Crippen molar-refractivity contribution in [1.82, 2.24) is 9.21 Å². The SMILES string of the molecule is Cc1ccc([N+](=O)[O-])cc1S(=O)(=O)N1CCN(C(=O)c2ccc(-c3ccc(F)cc3)s2)CC1. The lowest BCUT2D eigenvalue weighted by molar-refractivity contribution is -0.385. The van der Waals surface area contributed by atoms with E-state index in [9.17, 15) is 27.7 Å². The monoisotopic (exact) mass is 489 g/mol. The van der Waals surface area contributed by atoms with E-state index in [2.05, 4.69) is 0 Å². The van der Waals surface area contributed by atoms with Crippen LogP contribution in [0.15, 0.2) is 59.5 Å². The molecule has 1 fully saturated rings. The molecule has 1 aromatic heterocycles. The fourth-order valence-electron chi connectivity index (χ4n) is 3.63. The van der Waals surface area contributed by atoms with Gasteiger partial charge in [0.1, 0.15) is 5.82 Å². The molecule has 2 heterocycles. The maximum Gasteiger partial charge on any atom is 0.270 e. The number of piperazine rings is 1. The lowest BCUT2D eigenvalue weighted by Crippen LogP contribution is -2.50. The van der Waals surface area contributed by atoms with E-state index in [1.54, 1.807) is 36.1 Å². The standard InChI is InChI=1S/C22H20FN3O5S2/c1-15-2-7-18(26(28)29)14-21(15)33(30,31)25-12-10-24(11-13-25)22(27)20-9-8-19(32-20)16-3-5-17(23)6-4-16/h2-9,14H,10-13H2,1H3. The molecule has 172 valence electrons. The third kappa shape index (κ3) is 4.65. The summed E-state index contributed by atoms with van der Waals surface area (Å²) < 4.78 is 40.6. The van der Waals surface area contributed by atoms with E-state index in [1.807, 2.05) is 0 Å². The molecule has 3 aromatic rings. The minimum Gasteiger partial charge on any atom is -0.335 e. The van der Waals surface area contributed by atoms with Crippen molar-refractivity contribution < 1.29 is 22.5 Å². The first-order valence-electron chi connectivity index (χ1n) is 10.1. The van der Waals surface area contributed by atoms with Gasteiger partial charge in [-0.1, -0.05) is 18.2 Å². The normalized spacial score (nSPS) is 14.9. The van der Waals surface area contributed by atoms with Crippen LogP contribution in [0.3, 0.4) is 0 Å². The lowest BCUT2D eigenvalue weighted by Gasteiger charge is -2.34. The summed E-state index contributed by atoms with van der Waals surface area (Å²) >= 11 is 1.29. The predicted octanol–water partition coefficient (Wildman–Crippen LogP) is 3.92. The Morgan fingerprint density at radius 2 is 1.70 bits per heavy atom. The summed E-state index contributed by atoms with van der Waals surface area (Å²) in [6.45, 7) is 2.18. The number of rotatable bonds is 5. The van der Waals surface area contributed by atoms with Gasteiger partial charge in [0.2, 0.25) is 10.0 Å². The fourth-order valence-corrected chi connectivity index (χ4v) is 6.28. The Balaban J connectivity index is 1.46. The number of thiophene rings is 1. The molecule has 33 heavy (non-hydrogen) atoms. The average Bonchev–Trinajstić information content (AvgIpc) is 3.29. The number of non-ortho nitro benzene ring substituents is 1. The highest BCUT2D eigenvalue weighted by molar-refractivity contribution is 7.89. The summed E-state index contributed by atoms with van der Waals surface area (Å²) in [4.78, 5) is 26.2. The van der Waals surface area contributed by atoms with Gasteiger partial charge in [0.15, 0.2) is 0 Å². The van der Waals surface area contributed by atoms with Gasteiger partial charge in [-0.15, -0.1) is 11.3 Å². The second-order valence-corrected chi connectivity index (χ2v) is 10.6. The first-order valence-corrected chi connectivity index (χ1v) is 12.3. The second kappa shape index (κ2) is 9.00. The van der Waals surface area contributed by atoms with Gasteiger partial charge in [0, 0.05) is 43.2 Å². The third-order valence-electron chi connectivity index (χ3n) is 5.47. The van der Waals surface area contributed by atoms with Gasteiger partial charge in [-0.05, 0) is 42.3 Å². The highest BCUT2D eigenvalue weighted by Crippen LogP contribution is 2.30. The zero-order valence-electron chi connectivity index (χ0n) is 17.6. The Kier molecular flexibility index (Phi) is 6.28. The largest absolute Gasteiger partial charge is 0.335 e. The summed E-state index contributed by atoms with van der Waals surface area (Å²) in [7, 11) is -3.94. The molecular weight excluding hydrogens is 469 g/mol. The highest BCUT2D eigenvalue weighted by Gasteiger charge is 2.32. The molecule has 4 rings (SSSR count). The Bertz CT molecular complexity index is 1310. The first kappa shape index (κ1) is 23.0. The zero-order chi connectivity index (χ0) is 23.8. The topological polar surface area (TPSA) is 101 Å². The number of sulfonamides is 1. The van der Waals surface area contributed by atoms with E-state index in [0.29, 0.717) is 10.4 Å². The Hall–Kier alpha value is -3.15. The number of nitro groups is 1. The molecule has 1 saturated heterocycles. The molecule has 0 radical (unpaired) electrons. The van der Waals surface area contributed by atoms with Crippen LogP contribution in [0.1, 0.15) is 15.2 Å². The molecule has 0 N–H and O–H groups in total. The van der Waals surface area contributed by atoms with E-state index in [1.165, 1.54) is 39.9 Å². The maximum absolute atomic E-state index is 13.1. The molecule has 8 nitrogen and oxygen atoms in total. The van der Waals surface area contributed by atoms with E-state index < -0.39 is 14.9 Å². The molecule has 1 amide bonds. The summed E-state index contributed by atoms with van der Waals surface area (Å²) in [6.07, 6.45) is 0. The highest BCUT2D eigenvalue weighted by atomic mass is 32.2. The van der Waals surface area contributed by atoms with Crippen molar-refractivity contribution in [3.63, 3.8) is 0 Å². The Morgan fingerprint density at radius 1 is 1.03 bits per heavy atom. The van der Waals surface area contributed by atoms with Gasteiger partial charge in [-0.25, -0.2) is 12.8 Å². The van der Waals surface area contributed by atoms with Crippen LogP contribution in [0.2, 0.25) is 0 Å². The number of halogens is 1. The van der Waals surface area contributed by atoms with Crippen LogP contribution in [0.5, 0.6) is 0 Å². The van der Waals surface area contributed by atoms with Gasteiger partial charge < -0.3 is 4.90 Å². The summed E-state index contributed by atoms with van der Waals surface area (Å²) in [5.41, 5.74) is 0.942. The molecular formula is C22H20FN3O5S2. The molecule has 0 saturated carbocycles.